The predicted molar refractivity (Wildman–Crippen MR) is 128 cm³/mol. The molecule has 2 aromatic carbocycles. The van der Waals surface area contributed by atoms with Crippen molar-refractivity contribution in [3.63, 3.8) is 0 Å². The second-order valence-electron chi connectivity index (χ2n) is 9.01. The molecular formula is C28H32O7. The minimum absolute atomic E-state index is 0.298. The number of hydrogen-bond acceptors (Lipinski definition) is 7. The number of benzene rings is 2. The van der Waals surface area contributed by atoms with Crippen LogP contribution in [0, 0.1) is 12.3 Å². The molecule has 0 spiro atoms. The van der Waals surface area contributed by atoms with Gasteiger partial charge in [-0.25, -0.2) is 4.79 Å². The first-order chi connectivity index (χ1) is 17.0. The van der Waals surface area contributed by atoms with E-state index in [0.29, 0.717) is 38.2 Å². The van der Waals surface area contributed by atoms with E-state index in [1.165, 1.54) is 0 Å². The summed E-state index contributed by atoms with van der Waals surface area (Å²) in [4.78, 5) is 13.1. The lowest BCUT2D eigenvalue weighted by Crippen LogP contribution is -2.66. The quantitative estimate of drug-likeness (QED) is 0.304. The third kappa shape index (κ3) is 6.69. The first kappa shape index (κ1) is 25.4. The van der Waals surface area contributed by atoms with Gasteiger partial charge < -0.3 is 28.4 Å². The average Bonchev–Trinajstić information content (AvgIpc) is 2.87. The van der Waals surface area contributed by atoms with Crippen LogP contribution in [-0.2, 0) is 35.0 Å². The molecule has 2 fully saturated rings. The van der Waals surface area contributed by atoms with Crippen LogP contribution in [0.4, 0.5) is 0 Å². The molecule has 0 aromatic heterocycles. The van der Waals surface area contributed by atoms with Gasteiger partial charge in [0.2, 0.25) is 0 Å². The summed E-state index contributed by atoms with van der Waals surface area (Å²) in [5, 5.41) is 0. The van der Waals surface area contributed by atoms with Crippen molar-refractivity contribution in [2.24, 2.45) is 0 Å². The van der Waals surface area contributed by atoms with Crippen LogP contribution >= 0.6 is 0 Å². The van der Waals surface area contributed by atoms with Gasteiger partial charge >= 0.3 is 5.97 Å². The lowest BCUT2D eigenvalue weighted by Gasteiger charge is -2.50. The Hall–Kier alpha value is -2.73. The molecule has 3 unspecified atom stereocenters. The summed E-state index contributed by atoms with van der Waals surface area (Å²) in [7, 11) is 0. The number of hydrogen-bond donors (Lipinski definition) is 0. The van der Waals surface area contributed by atoms with Crippen LogP contribution in [0.1, 0.15) is 42.6 Å². The van der Waals surface area contributed by atoms with Crippen molar-refractivity contribution < 1.29 is 33.2 Å². The van der Waals surface area contributed by atoms with Crippen LogP contribution in [0.2, 0.25) is 0 Å². The Kier molecular flexibility index (Phi) is 8.55. The van der Waals surface area contributed by atoms with Crippen molar-refractivity contribution in [3.05, 3.63) is 71.8 Å². The molecule has 35 heavy (non-hydrogen) atoms. The van der Waals surface area contributed by atoms with Crippen molar-refractivity contribution in [2.45, 2.75) is 69.8 Å². The van der Waals surface area contributed by atoms with Crippen LogP contribution in [0.25, 0.3) is 0 Å². The normalized spacial score (nSPS) is 27.4. The Morgan fingerprint density at radius 1 is 1.06 bits per heavy atom. The molecule has 0 radical (unpaired) electrons. The monoisotopic (exact) mass is 480 g/mol. The van der Waals surface area contributed by atoms with E-state index in [2.05, 4.69) is 5.92 Å². The van der Waals surface area contributed by atoms with Gasteiger partial charge in [-0.05, 0) is 38.0 Å². The zero-order chi connectivity index (χ0) is 24.7. The molecule has 0 bridgehead atoms. The van der Waals surface area contributed by atoms with E-state index >= 15 is 0 Å². The van der Waals surface area contributed by atoms with E-state index in [1.807, 2.05) is 50.2 Å². The lowest BCUT2D eigenvalue weighted by molar-refractivity contribution is -0.386. The summed E-state index contributed by atoms with van der Waals surface area (Å²) in [6, 6.07) is 18.6. The third-order valence-electron chi connectivity index (χ3n) is 5.89. The highest BCUT2D eigenvalue weighted by atomic mass is 16.8. The van der Waals surface area contributed by atoms with Gasteiger partial charge in [0.25, 0.3) is 0 Å². The average molecular weight is 481 g/mol. The highest BCUT2D eigenvalue weighted by Gasteiger charge is 2.54. The van der Waals surface area contributed by atoms with Gasteiger partial charge in [0.05, 0.1) is 25.4 Å². The maximum absolute atomic E-state index is 13.1. The van der Waals surface area contributed by atoms with Crippen molar-refractivity contribution in [2.75, 3.05) is 13.2 Å². The van der Waals surface area contributed by atoms with Gasteiger partial charge in [-0.15, -0.1) is 12.3 Å². The van der Waals surface area contributed by atoms with Crippen molar-refractivity contribution in [1.82, 2.24) is 0 Å². The highest BCUT2D eigenvalue weighted by molar-refractivity contribution is 5.89. The zero-order valence-corrected chi connectivity index (χ0v) is 20.1. The maximum atomic E-state index is 13.1. The molecule has 0 amide bonds. The number of carbonyl (C=O) groups is 1. The highest BCUT2D eigenvalue weighted by Crippen LogP contribution is 2.36. The summed E-state index contributed by atoms with van der Waals surface area (Å²) in [6.07, 6.45) is 3.24. The fourth-order valence-corrected chi connectivity index (χ4v) is 4.15. The van der Waals surface area contributed by atoms with Crippen LogP contribution in [0.5, 0.6) is 0 Å². The van der Waals surface area contributed by atoms with Crippen LogP contribution in [-0.4, -0.2) is 55.7 Å². The van der Waals surface area contributed by atoms with E-state index in [4.69, 9.17) is 34.8 Å². The molecular weight excluding hydrogens is 448 g/mol. The molecule has 186 valence electrons. The number of terminal acetylenes is 1. The largest absolute Gasteiger partial charge is 0.450 e. The SMILES string of the molecule is C#CCCCOC1OC2COC(C)(C)O[C@H]2[C@@H](OCc2ccccc2)C1OC(=O)c1ccccc1. The van der Waals surface area contributed by atoms with Crippen molar-refractivity contribution in [3.8, 4) is 12.3 Å². The molecule has 7 nitrogen and oxygen atoms in total. The molecule has 2 aromatic rings. The van der Waals surface area contributed by atoms with E-state index in [-0.39, 0.29) is 0 Å². The molecule has 2 saturated heterocycles. The number of unbranched alkanes of at least 4 members (excludes halogenated alkanes) is 1. The first-order valence-corrected chi connectivity index (χ1v) is 11.9. The third-order valence-corrected chi connectivity index (χ3v) is 5.89. The summed E-state index contributed by atoms with van der Waals surface area (Å²) in [5.74, 6) is 1.27. The smallest absolute Gasteiger partial charge is 0.338 e. The van der Waals surface area contributed by atoms with Gasteiger partial charge in [0.15, 0.2) is 18.2 Å². The molecule has 4 rings (SSSR count). The summed E-state index contributed by atoms with van der Waals surface area (Å²) >= 11 is 0. The number of ether oxygens (including phenoxy) is 6. The molecule has 2 aliphatic heterocycles. The van der Waals surface area contributed by atoms with Gasteiger partial charge in [-0.3, -0.25) is 0 Å². The summed E-state index contributed by atoms with van der Waals surface area (Å²) < 4.78 is 36.7. The van der Waals surface area contributed by atoms with Gasteiger partial charge in [0.1, 0.15) is 18.3 Å². The minimum atomic E-state index is -0.868. The number of esters is 1. The number of rotatable bonds is 9. The number of fused-ring (bicyclic) bond motifs is 1. The Balaban J connectivity index is 1.60. The molecule has 0 saturated carbocycles. The minimum Gasteiger partial charge on any atom is -0.450 e. The Labute approximate surface area is 206 Å². The number of carbonyl (C=O) groups excluding carboxylic acids is 1. The second kappa shape index (κ2) is 11.8. The van der Waals surface area contributed by atoms with Crippen LogP contribution in [0.3, 0.4) is 0 Å². The Morgan fingerprint density at radius 2 is 1.77 bits per heavy atom. The van der Waals surface area contributed by atoms with Crippen LogP contribution < -0.4 is 0 Å². The fourth-order valence-electron chi connectivity index (χ4n) is 4.15. The van der Waals surface area contributed by atoms with E-state index in [1.54, 1.807) is 24.3 Å². The van der Waals surface area contributed by atoms with Gasteiger partial charge in [-0.1, -0.05) is 48.5 Å². The Bertz CT molecular complexity index is 985. The van der Waals surface area contributed by atoms with Gasteiger partial charge in [-0.2, -0.15) is 0 Å². The Morgan fingerprint density at radius 3 is 2.49 bits per heavy atom. The van der Waals surface area contributed by atoms with E-state index < -0.39 is 42.5 Å². The molecule has 2 aliphatic rings. The zero-order valence-electron chi connectivity index (χ0n) is 20.1. The van der Waals surface area contributed by atoms with Gasteiger partial charge in [0, 0.05) is 6.42 Å². The van der Waals surface area contributed by atoms with Crippen molar-refractivity contribution in [1.29, 1.82) is 0 Å². The topological polar surface area (TPSA) is 72.5 Å². The molecule has 5 atom stereocenters. The molecule has 7 heteroatoms. The fraction of sp³-hybridized carbons (Fsp3) is 0.464. The van der Waals surface area contributed by atoms with Crippen molar-refractivity contribution >= 4 is 5.97 Å². The summed E-state index contributed by atoms with van der Waals surface area (Å²) in [5.41, 5.74) is 1.41. The van der Waals surface area contributed by atoms with E-state index in [9.17, 15) is 4.79 Å². The van der Waals surface area contributed by atoms with E-state index in [0.717, 1.165) is 5.56 Å². The lowest BCUT2D eigenvalue weighted by atomic mass is 9.96. The first-order valence-electron chi connectivity index (χ1n) is 11.9. The van der Waals surface area contributed by atoms with Crippen LogP contribution in [0.15, 0.2) is 60.7 Å². The molecule has 0 N–H and O–H groups in total. The molecule has 0 aliphatic carbocycles. The predicted octanol–water partition coefficient (Wildman–Crippen LogP) is 4.10. The molecule has 2 heterocycles. The standard InChI is InChI=1S/C28H32O7/c1-4-5-12-17-30-27-25(34-26(29)21-15-10-7-11-16-21)24(31-18-20-13-8-6-9-14-20)23-22(33-27)19-32-28(2,3)35-23/h1,6-11,13-16,22-25,27H,5,12,17-19H2,2-3H3/t22?,23-,24-,25?,27?/m1/s1. The summed E-state index contributed by atoms with van der Waals surface area (Å²) in [6.45, 7) is 4.63. The maximum Gasteiger partial charge on any atom is 0.338 e. The second-order valence-corrected chi connectivity index (χ2v) is 9.01.